The summed E-state index contributed by atoms with van der Waals surface area (Å²) in [5.74, 6) is 1.86. The van der Waals surface area contributed by atoms with E-state index in [1.807, 2.05) is 13.0 Å². The number of hydrogen-bond donors (Lipinski definition) is 1. The van der Waals surface area contributed by atoms with E-state index in [-0.39, 0.29) is 6.61 Å². The van der Waals surface area contributed by atoms with Crippen molar-refractivity contribution in [2.45, 2.75) is 19.8 Å². The first-order valence-electron chi connectivity index (χ1n) is 6.14. The fourth-order valence-electron chi connectivity index (χ4n) is 2.15. The fraction of sp³-hybridized carbons (Fsp3) is 0.667. The van der Waals surface area contributed by atoms with Gasteiger partial charge in [-0.1, -0.05) is 0 Å². The first kappa shape index (κ1) is 12.1. The lowest BCUT2D eigenvalue weighted by Crippen LogP contribution is -2.37. The highest BCUT2D eigenvalue weighted by molar-refractivity contribution is 5.41. The van der Waals surface area contributed by atoms with Crippen molar-refractivity contribution in [3.05, 3.63) is 12.4 Å². The second-order valence-corrected chi connectivity index (χ2v) is 4.28. The van der Waals surface area contributed by atoms with Gasteiger partial charge in [0, 0.05) is 25.8 Å². The molecular weight excluding hydrogens is 218 g/mol. The van der Waals surface area contributed by atoms with Crippen LogP contribution in [0.15, 0.2) is 12.4 Å². The quantitative estimate of drug-likeness (QED) is 0.849. The Labute approximate surface area is 101 Å². The van der Waals surface area contributed by atoms with Crippen LogP contribution in [0.5, 0.6) is 5.88 Å². The number of piperidine rings is 1. The number of aromatic nitrogens is 2. The first-order chi connectivity index (χ1) is 8.33. The lowest BCUT2D eigenvalue weighted by atomic mass is 9.99. The van der Waals surface area contributed by atoms with E-state index in [0.717, 1.165) is 31.7 Å². The van der Waals surface area contributed by atoms with Crippen molar-refractivity contribution in [2.24, 2.45) is 5.92 Å². The largest absolute Gasteiger partial charge is 0.478 e. The van der Waals surface area contributed by atoms with Crippen LogP contribution in [-0.2, 0) is 0 Å². The molecule has 1 aromatic heterocycles. The summed E-state index contributed by atoms with van der Waals surface area (Å²) >= 11 is 0. The van der Waals surface area contributed by atoms with Crippen molar-refractivity contribution >= 4 is 5.82 Å². The molecule has 1 aliphatic rings. The van der Waals surface area contributed by atoms with Gasteiger partial charge >= 0.3 is 0 Å². The lowest BCUT2D eigenvalue weighted by Gasteiger charge is -2.32. The maximum absolute atomic E-state index is 9.21. The zero-order valence-corrected chi connectivity index (χ0v) is 10.2. The number of aliphatic hydroxyl groups is 1. The Balaban J connectivity index is 2.07. The molecule has 2 rings (SSSR count). The minimum absolute atomic E-state index is 0.250. The summed E-state index contributed by atoms with van der Waals surface area (Å²) in [5.41, 5.74) is 0. The highest BCUT2D eigenvalue weighted by Gasteiger charge is 2.20. The summed E-state index contributed by atoms with van der Waals surface area (Å²) < 4.78 is 5.36. The van der Waals surface area contributed by atoms with Crippen molar-refractivity contribution in [1.82, 2.24) is 9.97 Å². The van der Waals surface area contributed by atoms with E-state index in [0.29, 0.717) is 18.4 Å². The molecule has 0 amide bonds. The van der Waals surface area contributed by atoms with Crippen LogP contribution in [0.1, 0.15) is 19.8 Å². The van der Waals surface area contributed by atoms with Crippen molar-refractivity contribution in [3.63, 3.8) is 0 Å². The molecule has 0 aromatic carbocycles. The molecular formula is C12H19N3O2. The number of anilines is 1. The average Bonchev–Trinajstić information content (AvgIpc) is 2.40. The lowest BCUT2D eigenvalue weighted by molar-refractivity contribution is 0.208. The number of nitrogens with zero attached hydrogens (tertiary/aromatic N) is 3. The van der Waals surface area contributed by atoms with Gasteiger partial charge in [-0.25, -0.2) is 9.97 Å². The zero-order valence-electron chi connectivity index (χ0n) is 10.2. The maximum atomic E-state index is 9.21. The molecule has 0 saturated carbocycles. The van der Waals surface area contributed by atoms with Crippen LogP contribution >= 0.6 is 0 Å². The number of hydrogen-bond acceptors (Lipinski definition) is 5. The number of aliphatic hydroxyl groups excluding tert-OH is 1. The van der Waals surface area contributed by atoms with Crippen LogP contribution in [0.2, 0.25) is 0 Å². The summed E-state index contributed by atoms with van der Waals surface area (Å²) in [7, 11) is 0. The Morgan fingerprint density at radius 1 is 1.53 bits per heavy atom. The Bertz CT molecular complexity index is 359. The Morgan fingerprint density at radius 3 is 3.18 bits per heavy atom. The third kappa shape index (κ3) is 3.06. The highest BCUT2D eigenvalue weighted by atomic mass is 16.5. The predicted molar refractivity (Wildman–Crippen MR) is 65.2 cm³/mol. The van der Waals surface area contributed by atoms with Crippen molar-refractivity contribution in [1.29, 1.82) is 0 Å². The molecule has 5 nitrogen and oxygen atoms in total. The Kier molecular flexibility index (Phi) is 4.14. The topological polar surface area (TPSA) is 58.5 Å². The van der Waals surface area contributed by atoms with Crippen molar-refractivity contribution < 1.29 is 9.84 Å². The highest BCUT2D eigenvalue weighted by Crippen LogP contribution is 2.22. The van der Waals surface area contributed by atoms with Gasteiger partial charge in [0.2, 0.25) is 5.88 Å². The average molecular weight is 237 g/mol. The normalized spacial score (nSPS) is 20.4. The van der Waals surface area contributed by atoms with Gasteiger partial charge in [0.1, 0.15) is 12.1 Å². The molecule has 17 heavy (non-hydrogen) atoms. The molecule has 1 N–H and O–H groups in total. The summed E-state index contributed by atoms with van der Waals surface area (Å²) in [6, 6.07) is 1.86. The molecule has 0 aliphatic carbocycles. The minimum atomic E-state index is 0.250. The van der Waals surface area contributed by atoms with Gasteiger partial charge in [-0.15, -0.1) is 0 Å². The SMILES string of the molecule is CCOc1cc(N2CCC[C@@H](CO)C2)ncn1. The summed E-state index contributed by atoms with van der Waals surface area (Å²) in [6.07, 6.45) is 3.72. The zero-order chi connectivity index (χ0) is 12.1. The van der Waals surface area contributed by atoms with E-state index in [4.69, 9.17) is 4.74 Å². The number of ether oxygens (including phenoxy) is 1. The van der Waals surface area contributed by atoms with Gasteiger partial charge in [-0.3, -0.25) is 0 Å². The van der Waals surface area contributed by atoms with Gasteiger partial charge < -0.3 is 14.7 Å². The molecule has 2 heterocycles. The van der Waals surface area contributed by atoms with Crippen LogP contribution in [0.3, 0.4) is 0 Å². The van der Waals surface area contributed by atoms with Crippen LogP contribution < -0.4 is 9.64 Å². The standard InChI is InChI=1S/C12H19N3O2/c1-2-17-12-6-11(13-9-14-12)15-5-3-4-10(7-15)8-16/h6,9-10,16H,2-5,7-8H2,1H3/t10-/m1/s1. The summed E-state index contributed by atoms with van der Waals surface area (Å²) in [4.78, 5) is 10.5. The third-order valence-corrected chi connectivity index (χ3v) is 3.02. The third-order valence-electron chi connectivity index (χ3n) is 3.02. The molecule has 0 spiro atoms. The molecule has 0 bridgehead atoms. The molecule has 0 unspecified atom stereocenters. The fourth-order valence-corrected chi connectivity index (χ4v) is 2.15. The van der Waals surface area contributed by atoms with Crippen LogP contribution in [0.4, 0.5) is 5.82 Å². The van der Waals surface area contributed by atoms with E-state index < -0.39 is 0 Å². The van der Waals surface area contributed by atoms with Crippen LogP contribution in [0, 0.1) is 5.92 Å². The molecule has 1 saturated heterocycles. The maximum Gasteiger partial charge on any atom is 0.218 e. The van der Waals surface area contributed by atoms with E-state index in [2.05, 4.69) is 14.9 Å². The van der Waals surface area contributed by atoms with E-state index in [9.17, 15) is 5.11 Å². The molecule has 1 fully saturated rings. The monoisotopic (exact) mass is 237 g/mol. The van der Waals surface area contributed by atoms with Crippen molar-refractivity contribution in [3.8, 4) is 5.88 Å². The molecule has 0 radical (unpaired) electrons. The number of rotatable bonds is 4. The van der Waals surface area contributed by atoms with Gasteiger partial charge in [0.15, 0.2) is 0 Å². The minimum Gasteiger partial charge on any atom is -0.478 e. The Hall–Kier alpha value is -1.36. The van der Waals surface area contributed by atoms with Crippen molar-refractivity contribution in [2.75, 3.05) is 31.2 Å². The second-order valence-electron chi connectivity index (χ2n) is 4.28. The van der Waals surface area contributed by atoms with E-state index in [1.54, 1.807) is 0 Å². The van der Waals surface area contributed by atoms with Gasteiger partial charge in [0.25, 0.3) is 0 Å². The summed E-state index contributed by atoms with van der Waals surface area (Å²) in [5, 5.41) is 9.21. The Morgan fingerprint density at radius 2 is 2.41 bits per heavy atom. The van der Waals surface area contributed by atoms with Crippen LogP contribution in [0.25, 0.3) is 0 Å². The van der Waals surface area contributed by atoms with Gasteiger partial charge in [-0.05, 0) is 25.7 Å². The molecule has 94 valence electrons. The molecule has 1 atom stereocenters. The first-order valence-corrected chi connectivity index (χ1v) is 6.14. The predicted octanol–water partition coefficient (Wildman–Crippen LogP) is 1.08. The van der Waals surface area contributed by atoms with E-state index in [1.165, 1.54) is 6.33 Å². The van der Waals surface area contributed by atoms with E-state index >= 15 is 0 Å². The van der Waals surface area contributed by atoms with Gasteiger partial charge in [0.05, 0.1) is 6.61 Å². The molecule has 1 aliphatic heterocycles. The second kappa shape index (κ2) is 5.82. The molecule has 5 heteroatoms. The smallest absolute Gasteiger partial charge is 0.218 e. The van der Waals surface area contributed by atoms with Gasteiger partial charge in [-0.2, -0.15) is 0 Å². The summed E-state index contributed by atoms with van der Waals surface area (Å²) in [6.45, 7) is 4.64. The van der Waals surface area contributed by atoms with Crippen LogP contribution in [-0.4, -0.2) is 41.4 Å². The molecule has 1 aromatic rings.